The number of rotatable bonds is 8. The van der Waals surface area contributed by atoms with E-state index in [-0.39, 0.29) is 11.9 Å². The molecule has 0 aromatic carbocycles. The maximum absolute atomic E-state index is 12.8. The van der Waals surface area contributed by atoms with E-state index < -0.39 is 0 Å². The zero-order valence-electron chi connectivity index (χ0n) is 11.6. The highest BCUT2D eigenvalue weighted by Gasteiger charge is 2.10. The van der Waals surface area contributed by atoms with Gasteiger partial charge in [0.2, 0.25) is 0 Å². The molecule has 0 aliphatic carbocycles. The normalized spacial score (nSPS) is 12.9. The molecule has 1 atom stereocenters. The molecule has 1 aromatic rings. The maximum Gasteiger partial charge on any atom is 0.141 e. The molecule has 3 nitrogen and oxygen atoms in total. The largest absolute Gasteiger partial charge is 0.307 e. The minimum absolute atomic E-state index is 0.209. The smallest absolute Gasteiger partial charge is 0.141 e. The minimum Gasteiger partial charge on any atom is -0.307 e. The lowest BCUT2D eigenvalue weighted by molar-refractivity contribution is 0.295. The number of nitrogens with one attached hydrogen (secondary N) is 1. The van der Waals surface area contributed by atoms with E-state index in [1.165, 1.54) is 12.3 Å². The SMILES string of the molecule is CCC(NCCN(CC)CC)c1ccc(F)cn1. The van der Waals surface area contributed by atoms with Gasteiger partial charge in [-0.2, -0.15) is 0 Å². The van der Waals surface area contributed by atoms with Crippen LogP contribution in [0, 0.1) is 5.82 Å². The first-order valence-electron chi connectivity index (χ1n) is 6.78. The van der Waals surface area contributed by atoms with E-state index in [1.54, 1.807) is 6.07 Å². The second kappa shape index (κ2) is 8.16. The zero-order chi connectivity index (χ0) is 13.4. The van der Waals surface area contributed by atoms with Crippen LogP contribution in [0.2, 0.25) is 0 Å². The molecule has 18 heavy (non-hydrogen) atoms. The Morgan fingerprint density at radius 1 is 1.28 bits per heavy atom. The summed E-state index contributed by atoms with van der Waals surface area (Å²) < 4.78 is 12.8. The first kappa shape index (κ1) is 15.1. The van der Waals surface area contributed by atoms with Crippen molar-refractivity contribution < 1.29 is 4.39 Å². The molecule has 4 heteroatoms. The topological polar surface area (TPSA) is 28.2 Å². The molecule has 0 aliphatic heterocycles. The average Bonchev–Trinajstić information content (AvgIpc) is 2.41. The van der Waals surface area contributed by atoms with Crippen LogP contribution in [-0.4, -0.2) is 36.1 Å². The molecule has 1 heterocycles. The molecule has 0 radical (unpaired) electrons. The molecular formula is C14H24FN3. The molecule has 1 N–H and O–H groups in total. The lowest BCUT2D eigenvalue weighted by Crippen LogP contribution is -2.33. The summed E-state index contributed by atoms with van der Waals surface area (Å²) in [6, 6.07) is 3.44. The summed E-state index contributed by atoms with van der Waals surface area (Å²) >= 11 is 0. The molecule has 0 saturated heterocycles. The van der Waals surface area contributed by atoms with Crippen molar-refractivity contribution in [2.24, 2.45) is 0 Å². The van der Waals surface area contributed by atoms with Crippen LogP contribution in [0.15, 0.2) is 18.3 Å². The Morgan fingerprint density at radius 3 is 2.50 bits per heavy atom. The number of hydrogen-bond acceptors (Lipinski definition) is 3. The Morgan fingerprint density at radius 2 is 2.00 bits per heavy atom. The summed E-state index contributed by atoms with van der Waals surface area (Å²) in [5, 5.41) is 3.48. The van der Waals surface area contributed by atoms with E-state index >= 15 is 0 Å². The van der Waals surface area contributed by atoms with E-state index in [2.05, 4.69) is 36.0 Å². The second-order valence-corrected chi connectivity index (χ2v) is 4.34. The Labute approximate surface area is 109 Å². The molecule has 0 fully saturated rings. The van der Waals surface area contributed by atoms with Crippen LogP contribution in [0.1, 0.15) is 38.9 Å². The first-order chi connectivity index (χ1) is 8.71. The molecule has 0 saturated carbocycles. The van der Waals surface area contributed by atoms with Gasteiger partial charge in [0.05, 0.1) is 11.9 Å². The van der Waals surface area contributed by atoms with E-state index in [0.29, 0.717) is 0 Å². The summed E-state index contributed by atoms with van der Waals surface area (Å²) in [4.78, 5) is 6.51. The Balaban J connectivity index is 2.44. The molecular weight excluding hydrogens is 229 g/mol. The first-order valence-corrected chi connectivity index (χ1v) is 6.78. The fourth-order valence-electron chi connectivity index (χ4n) is 1.99. The zero-order valence-corrected chi connectivity index (χ0v) is 11.6. The third-order valence-corrected chi connectivity index (χ3v) is 3.23. The Kier molecular flexibility index (Phi) is 6.83. The molecule has 0 bridgehead atoms. The lowest BCUT2D eigenvalue weighted by Gasteiger charge is -2.21. The second-order valence-electron chi connectivity index (χ2n) is 4.34. The Bertz CT molecular complexity index is 322. The van der Waals surface area contributed by atoms with Crippen LogP contribution in [0.5, 0.6) is 0 Å². The minimum atomic E-state index is -0.281. The quantitative estimate of drug-likeness (QED) is 0.772. The number of halogens is 1. The van der Waals surface area contributed by atoms with Crippen molar-refractivity contribution in [3.63, 3.8) is 0 Å². The number of hydrogen-bond donors (Lipinski definition) is 1. The van der Waals surface area contributed by atoms with E-state index in [1.807, 2.05) is 0 Å². The summed E-state index contributed by atoms with van der Waals surface area (Å²) in [5.41, 5.74) is 0.915. The van der Waals surface area contributed by atoms with E-state index in [9.17, 15) is 4.39 Å². The van der Waals surface area contributed by atoms with Crippen molar-refractivity contribution in [3.05, 3.63) is 29.8 Å². The Hall–Kier alpha value is -1.00. The number of nitrogens with zero attached hydrogens (tertiary/aromatic N) is 2. The van der Waals surface area contributed by atoms with Gasteiger partial charge in [-0.1, -0.05) is 20.8 Å². The van der Waals surface area contributed by atoms with Gasteiger partial charge in [0.1, 0.15) is 5.82 Å². The van der Waals surface area contributed by atoms with Crippen molar-refractivity contribution in [1.29, 1.82) is 0 Å². The van der Waals surface area contributed by atoms with Crippen molar-refractivity contribution in [3.8, 4) is 0 Å². The summed E-state index contributed by atoms with van der Waals surface area (Å²) in [5.74, 6) is -0.281. The third kappa shape index (κ3) is 4.70. The number of aromatic nitrogens is 1. The van der Waals surface area contributed by atoms with Gasteiger partial charge in [0.25, 0.3) is 0 Å². The highest BCUT2D eigenvalue weighted by Crippen LogP contribution is 2.13. The van der Waals surface area contributed by atoms with Gasteiger partial charge in [0, 0.05) is 19.1 Å². The molecule has 1 aromatic heterocycles. The number of pyridine rings is 1. The molecule has 0 aliphatic rings. The van der Waals surface area contributed by atoms with Crippen molar-refractivity contribution >= 4 is 0 Å². The standard InChI is InChI=1S/C14H24FN3/c1-4-13(14-8-7-12(15)11-17-14)16-9-10-18(5-2)6-3/h7-8,11,13,16H,4-6,9-10H2,1-3H3. The van der Waals surface area contributed by atoms with Gasteiger partial charge in [-0.3, -0.25) is 4.98 Å². The van der Waals surface area contributed by atoms with Gasteiger partial charge < -0.3 is 10.2 Å². The fraction of sp³-hybridized carbons (Fsp3) is 0.643. The van der Waals surface area contributed by atoms with Gasteiger partial charge in [-0.05, 0) is 31.6 Å². The van der Waals surface area contributed by atoms with Crippen LogP contribution in [0.3, 0.4) is 0 Å². The molecule has 0 spiro atoms. The molecule has 1 rings (SSSR count). The van der Waals surface area contributed by atoms with Gasteiger partial charge in [0.15, 0.2) is 0 Å². The predicted octanol–water partition coefficient (Wildman–Crippen LogP) is 2.60. The fourth-order valence-corrected chi connectivity index (χ4v) is 1.99. The molecule has 0 amide bonds. The summed E-state index contributed by atoms with van der Waals surface area (Å²) in [6.45, 7) is 10.6. The van der Waals surface area contributed by atoms with E-state index in [4.69, 9.17) is 0 Å². The highest BCUT2D eigenvalue weighted by molar-refractivity contribution is 5.09. The third-order valence-electron chi connectivity index (χ3n) is 3.23. The van der Waals surface area contributed by atoms with Crippen molar-refractivity contribution in [2.45, 2.75) is 33.2 Å². The molecule has 102 valence electrons. The van der Waals surface area contributed by atoms with Gasteiger partial charge >= 0.3 is 0 Å². The lowest BCUT2D eigenvalue weighted by atomic mass is 10.1. The van der Waals surface area contributed by atoms with Crippen LogP contribution in [0.4, 0.5) is 4.39 Å². The summed E-state index contributed by atoms with van der Waals surface area (Å²) in [6.07, 6.45) is 2.24. The van der Waals surface area contributed by atoms with Crippen molar-refractivity contribution in [1.82, 2.24) is 15.2 Å². The van der Waals surface area contributed by atoms with Crippen LogP contribution < -0.4 is 5.32 Å². The maximum atomic E-state index is 12.8. The van der Waals surface area contributed by atoms with Crippen LogP contribution >= 0.6 is 0 Å². The number of likely N-dealkylation sites (N-methyl/N-ethyl adjacent to an activating group) is 1. The van der Waals surface area contributed by atoms with Crippen LogP contribution in [-0.2, 0) is 0 Å². The van der Waals surface area contributed by atoms with Gasteiger partial charge in [-0.15, -0.1) is 0 Å². The van der Waals surface area contributed by atoms with Gasteiger partial charge in [-0.25, -0.2) is 4.39 Å². The van der Waals surface area contributed by atoms with E-state index in [0.717, 1.165) is 38.3 Å². The highest BCUT2D eigenvalue weighted by atomic mass is 19.1. The average molecular weight is 253 g/mol. The monoisotopic (exact) mass is 253 g/mol. The van der Waals surface area contributed by atoms with Crippen molar-refractivity contribution in [2.75, 3.05) is 26.2 Å². The van der Waals surface area contributed by atoms with Crippen LogP contribution in [0.25, 0.3) is 0 Å². The predicted molar refractivity (Wildman–Crippen MR) is 73.0 cm³/mol. The molecule has 1 unspecified atom stereocenters. The summed E-state index contributed by atoms with van der Waals surface area (Å²) in [7, 11) is 0.